The molecule has 200 valence electrons. The third kappa shape index (κ3) is 10.8. The summed E-state index contributed by atoms with van der Waals surface area (Å²) < 4.78 is 0. The summed E-state index contributed by atoms with van der Waals surface area (Å²) >= 11 is 0. The van der Waals surface area contributed by atoms with E-state index in [4.69, 9.17) is 22.9 Å². The molecule has 1 rings (SSSR count). The molecule has 0 saturated heterocycles. The number of primary amides is 1. The van der Waals surface area contributed by atoms with Crippen LogP contribution in [0.15, 0.2) is 17.5 Å². The summed E-state index contributed by atoms with van der Waals surface area (Å²) in [6.45, 7) is -0.583. The van der Waals surface area contributed by atoms with Gasteiger partial charge in [0, 0.05) is 24.9 Å². The monoisotopic (exact) mass is 512 g/mol. The Balaban J connectivity index is 2.87. The quantitative estimate of drug-likeness (QED) is 0.0566. The van der Waals surface area contributed by atoms with E-state index in [0.717, 1.165) is 0 Å². The number of aliphatic hydroxyl groups excluding tert-OH is 1. The first-order valence-electron chi connectivity index (χ1n) is 10.8. The number of aliphatic hydroxyl groups is 1. The molecule has 0 radical (unpaired) electrons. The predicted molar refractivity (Wildman–Crippen MR) is 125 cm³/mol. The van der Waals surface area contributed by atoms with Crippen molar-refractivity contribution in [1.29, 1.82) is 0 Å². The molecule has 14 N–H and O–H groups in total. The second kappa shape index (κ2) is 14.9. The number of carboxylic acids is 1. The number of nitrogens with zero attached hydrogens (tertiary/aromatic N) is 2. The zero-order chi connectivity index (χ0) is 27.3. The molecule has 17 nitrogen and oxygen atoms in total. The molecule has 1 aromatic heterocycles. The number of rotatable bonds is 16. The van der Waals surface area contributed by atoms with Crippen LogP contribution >= 0.6 is 0 Å². The Hall–Kier alpha value is -4.25. The number of aliphatic carboxylic acids is 1. The van der Waals surface area contributed by atoms with E-state index in [1.165, 1.54) is 12.5 Å². The molecular weight excluding hydrogens is 480 g/mol. The molecule has 0 aliphatic heterocycles. The molecule has 0 aliphatic rings. The van der Waals surface area contributed by atoms with Crippen LogP contribution in [0.4, 0.5) is 0 Å². The molecule has 0 spiro atoms. The van der Waals surface area contributed by atoms with Crippen LogP contribution in [-0.4, -0.2) is 93.1 Å². The maximum absolute atomic E-state index is 12.8. The topological polar surface area (TPSA) is 307 Å². The van der Waals surface area contributed by atoms with E-state index in [2.05, 4.69) is 30.9 Å². The van der Waals surface area contributed by atoms with Crippen LogP contribution in [-0.2, 0) is 30.4 Å². The lowest BCUT2D eigenvalue weighted by atomic mass is 10.1. The average Bonchev–Trinajstić information content (AvgIpc) is 3.31. The first kappa shape index (κ1) is 29.8. The highest BCUT2D eigenvalue weighted by molar-refractivity contribution is 5.95. The molecule has 1 heterocycles. The minimum atomic E-state index is -1.64. The van der Waals surface area contributed by atoms with Crippen LogP contribution in [0, 0.1) is 0 Å². The van der Waals surface area contributed by atoms with Crippen molar-refractivity contribution in [1.82, 2.24) is 25.9 Å². The largest absolute Gasteiger partial charge is 0.480 e. The van der Waals surface area contributed by atoms with Gasteiger partial charge in [0.05, 0.1) is 25.4 Å². The van der Waals surface area contributed by atoms with Crippen LogP contribution in [0.25, 0.3) is 0 Å². The Bertz CT molecular complexity index is 933. The fraction of sp³-hybridized carbons (Fsp3) is 0.526. The molecule has 4 amide bonds. The van der Waals surface area contributed by atoms with Gasteiger partial charge in [0.1, 0.15) is 18.1 Å². The number of carboxylic acid groups (broad SMARTS) is 1. The van der Waals surface area contributed by atoms with Gasteiger partial charge in [-0.05, 0) is 12.8 Å². The number of carbonyl (C=O) groups is 5. The van der Waals surface area contributed by atoms with E-state index in [0.29, 0.717) is 12.1 Å². The van der Waals surface area contributed by atoms with Crippen molar-refractivity contribution in [3.8, 4) is 0 Å². The van der Waals surface area contributed by atoms with Crippen molar-refractivity contribution in [3.05, 3.63) is 18.2 Å². The van der Waals surface area contributed by atoms with Gasteiger partial charge in [0.15, 0.2) is 5.96 Å². The highest BCUT2D eigenvalue weighted by atomic mass is 16.4. The number of guanidine groups is 1. The number of carbonyl (C=O) groups excluding carboxylic acids is 4. The third-order valence-electron chi connectivity index (χ3n) is 4.75. The number of aromatic amines is 1. The van der Waals surface area contributed by atoms with Gasteiger partial charge in [-0.25, -0.2) is 9.78 Å². The zero-order valence-electron chi connectivity index (χ0n) is 19.3. The van der Waals surface area contributed by atoms with Gasteiger partial charge in [-0.2, -0.15) is 0 Å². The number of H-pyrrole nitrogens is 1. The van der Waals surface area contributed by atoms with Crippen LogP contribution in [0.3, 0.4) is 0 Å². The summed E-state index contributed by atoms with van der Waals surface area (Å²) in [7, 11) is 0. The number of hydrogen-bond donors (Lipinski definition) is 10. The Kier molecular flexibility index (Phi) is 12.3. The summed E-state index contributed by atoms with van der Waals surface area (Å²) in [5, 5.41) is 25.6. The summed E-state index contributed by atoms with van der Waals surface area (Å²) in [4.78, 5) is 70.6. The first-order chi connectivity index (χ1) is 16.9. The smallest absolute Gasteiger partial charge is 0.326 e. The lowest BCUT2D eigenvalue weighted by Gasteiger charge is -2.24. The molecule has 0 aliphatic carbocycles. The second-order valence-electron chi connectivity index (χ2n) is 7.71. The Morgan fingerprint density at radius 3 is 2.14 bits per heavy atom. The third-order valence-corrected chi connectivity index (χ3v) is 4.75. The van der Waals surface area contributed by atoms with E-state index < -0.39 is 66.8 Å². The highest BCUT2D eigenvalue weighted by Crippen LogP contribution is 2.03. The van der Waals surface area contributed by atoms with Crippen molar-refractivity contribution < 1.29 is 34.2 Å². The molecule has 4 unspecified atom stereocenters. The van der Waals surface area contributed by atoms with Gasteiger partial charge in [0.2, 0.25) is 23.6 Å². The number of imidazole rings is 1. The molecule has 0 saturated carbocycles. The number of nitrogens with one attached hydrogen (secondary N) is 4. The molecule has 36 heavy (non-hydrogen) atoms. The molecule has 0 fully saturated rings. The number of nitrogens with two attached hydrogens (primary N) is 4. The predicted octanol–water partition coefficient (Wildman–Crippen LogP) is -5.26. The van der Waals surface area contributed by atoms with Crippen LogP contribution in [0.5, 0.6) is 0 Å². The van der Waals surface area contributed by atoms with Gasteiger partial charge in [-0.3, -0.25) is 24.2 Å². The lowest BCUT2D eigenvalue weighted by Crippen LogP contribution is -2.58. The second-order valence-corrected chi connectivity index (χ2v) is 7.71. The van der Waals surface area contributed by atoms with Crippen molar-refractivity contribution in [2.45, 2.75) is 49.9 Å². The van der Waals surface area contributed by atoms with Gasteiger partial charge in [-0.15, -0.1) is 0 Å². The van der Waals surface area contributed by atoms with E-state index in [1.54, 1.807) is 0 Å². The molecule has 0 bridgehead atoms. The van der Waals surface area contributed by atoms with E-state index in [1.807, 2.05) is 0 Å². The van der Waals surface area contributed by atoms with E-state index in [9.17, 15) is 34.2 Å². The molecule has 17 heteroatoms. The van der Waals surface area contributed by atoms with Gasteiger partial charge in [0.25, 0.3) is 0 Å². The molecule has 4 atom stereocenters. The van der Waals surface area contributed by atoms with Gasteiger partial charge >= 0.3 is 5.97 Å². The number of amides is 4. The lowest BCUT2D eigenvalue weighted by molar-refractivity contribution is -0.143. The molecule has 0 aromatic carbocycles. The SMILES string of the molecule is NC(=O)CC(NC(=O)C(Cc1cnc[nH]1)NC(=O)C(CO)NC(=O)C(N)CCCN=C(N)N)C(=O)O. The van der Waals surface area contributed by atoms with Crippen molar-refractivity contribution >= 4 is 35.6 Å². The summed E-state index contributed by atoms with van der Waals surface area (Å²) in [5.41, 5.74) is 21.7. The fourth-order valence-corrected chi connectivity index (χ4v) is 2.89. The van der Waals surface area contributed by atoms with Crippen LogP contribution in [0.2, 0.25) is 0 Å². The Morgan fingerprint density at radius 1 is 1.00 bits per heavy atom. The van der Waals surface area contributed by atoms with Crippen molar-refractivity contribution in [2.24, 2.45) is 27.9 Å². The van der Waals surface area contributed by atoms with Crippen molar-refractivity contribution in [3.63, 3.8) is 0 Å². The van der Waals surface area contributed by atoms with Crippen molar-refractivity contribution in [2.75, 3.05) is 13.2 Å². The minimum Gasteiger partial charge on any atom is -0.480 e. The van der Waals surface area contributed by atoms with Crippen LogP contribution < -0.4 is 38.9 Å². The normalized spacial score (nSPS) is 13.9. The fourth-order valence-electron chi connectivity index (χ4n) is 2.89. The van der Waals surface area contributed by atoms with Gasteiger partial charge in [-0.1, -0.05) is 0 Å². The summed E-state index contributed by atoms with van der Waals surface area (Å²) in [5.74, 6) is -5.22. The Morgan fingerprint density at radius 2 is 1.61 bits per heavy atom. The Labute approximate surface area is 205 Å². The summed E-state index contributed by atoms with van der Waals surface area (Å²) in [6, 6.07) is -5.51. The summed E-state index contributed by atoms with van der Waals surface area (Å²) in [6.07, 6.45) is 2.43. The standard InChI is InChI=1S/C19H32N10O7/c20-10(2-1-3-25-19(22)23)15(32)29-13(7-30)17(34)27-11(4-9-6-24-8-26-9)16(33)28-12(18(35)36)5-14(21)31/h6,8,10-13,30H,1-5,7,20H2,(H2,21,31)(H,24,26)(H,27,34)(H,28,33)(H,29,32)(H,35,36)(H4,22,23,25). The number of hydrogen-bond acceptors (Lipinski definition) is 9. The van der Waals surface area contributed by atoms with Crippen LogP contribution in [0.1, 0.15) is 25.0 Å². The maximum Gasteiger partial charge on any atom is 0.326 e. The first-order valence-corrected chi connectivity index (χ1v) is 10.8. The number of aliphatic imine (C=N–C) groups is 1. The minimum absolute atomic E-state index is 0.108. The maximum atomic E-state index is 12.8. The number of aromatic nitrogens is 2. The average molecular weight is 513 g/mol. The van der Waals surface area contributed by atoms with E-state index >= 15 is 0 Å². The van der Waals surface area contributed by atoms with E-state index in [-0.39, 0.29) is 25.3 Å². The highest BCUT2D eigenvalue weighted by Gasteiger charge is 2.31. The molecular formula is C19H32N10O7. The zero-order valence-corrected chi connectivity index (χ0v) is 19.3. The van der Waals surface area contributed by atoms with Gasteiger partial charge < -0.3 is 54.1 Å². The molecule has 1 aromatic rings.